The second-order valence-corrected chi connectivity index (χ2v) is 8.71. The Labute approximate surface area is 181 Å². The quantitative estimate of drug-likeness (QED) is 0.729. The summed E-state index contributed by atoms with van der Waals surface area (Å²) in [4.78, 5) is 27.9. The minimum atomic E-state index is -0.750. The largest absolute Gasteiger partial charge is 0.391 e. The highest BCUT2D eigenvalue weighted by Gasteiger charge is 2.43. The average Bonchev–Trinajstić information content (AvgIpc) is 3.27. The number of aryl methyl sites for hydroxylation is 1. The lowest BCUT2D eigenvalue weighted by atomic mass is 9.91. The summed E-state index contributed by atoms with van der Waals surface area (Å²) in [5.41, 5.74) is 1.59. The van der Waals surface area contributed by atoms with Gasteiger partial charge in [-0.15, -0.1) is 0 Å². The van der Waals surface area contributed by atoms with Crippen molar-refractivity contribution in [2.75, 3.05) is 6.54 Å². The molecule has 0 bridgehead atoms. The van der Waals surface area contributed by atoms with Crippen LogP contribution < -0.4 is 5.32 Å². The van der Waals surface area contributed by atoms with E-state index in [1.807, 2.05) is 32.9 Å². The first-order valence-electron chi connectivity index (χ1n) is 10.1. The van der Waals surface area contributed by atoms with Gasteiger partial charge in [0, 0.05) is 24.1 Å². The van der Waals surface area contributed by atoms with E-state index in [1.165, 1.54) is 4.90 Å². The topological polar surface area (TPSA) is 95.7 Å². The number of halogens is 1. The van der Waals surface area contributed by atoms with Gasteiger partial charge in [-0.25, -0.2) is 0 Å². The first-order chi connectivity index (χ1) is 14.2. The molecule has 1 aromatic carbocycles. The Morgan fingerprint density at radius 1 is 1.27 bits per heavy atom. The van der Waals surface area contributed by atoms with E-state index in [0.29, 0.717) is 16.5 Å². The smallest absolute Gasteiger partial charge is 0.243 e. The van der Waals surface area contributed by atoms with Crippen molar-refractivity contribution < 1.29 is 19.2 Å². The number of aliphatic hydroxyl groups excluding tert-OH is 1. The van der Waals surface area contributed by atoms with Crippen molar-refractivity contribution in [3.63, 3.8) is 0 Å². The van der Waals surface area contributed by atoms with Gasteiger partial charge < -0.3 is 19.8 Å². The van der Waals surface area contributed by atoms with Gasteiger partial charge in [0.25, 0.3) is 0 Å². The van der Waals surface area contributed by atoms with Crippen LogP contribution in [0.5, 0.6) is 0 Å². The highest BCUT2D eigenvalue weighted by molar-refractivity contribution is 6.30. The Balaban J connectivity index is 1.77. The maximum absolute atomic E-state index is 13.4. The average molecular weight is 434 g/mol. The molecule has 1 saturated heterocycles. The van der Waals surface area contributed by atoms with Crippen LogP contribution in [0.25, 0.3) is 0 Å². The molecule has 2 aromatic rings. The molecule has 4 unspecified atom stereocenters. The van der Waals surface area contributed by atoms with Crippen LogP contribution in [0.4, 0.5) is 0 Å². The van der Waals surface area contributed by atoms with Crippen LogP contribution in [0.2, 0.25) is 5.02 Å². The van der Waals surface area contributed by atoms with Crippen molar-refractivity contribution in [1.29, 1.82) is 0 Å². The van der Waals surface area contributed by atoms with Crippen molar-refractivity contribution in [2.24, 2.45) is 5.92 Å². The molecule has 2 heterocycles. The van der Waals surface area contributed by atoms with Crippen LogP contribution >= 0.6 is 11.6 Å². The van der Waals surface area contributed by atoms with Crippen molar-refractivity contribution in [2.45, 2.75) is 58.2 Å². The molecule has 7 nitrogen and oxygen atoms in total. The number of rotatable bonds is 6. The van der Waals surface area contributed by atoms with Gasteiger partial charge >= 0.3 is 0 Å². The number of carbonyl (C=O) groups excluding carboxylic acids is 2. The fourth-order valence-corrected chi connectivity index (χ4v) is 4.02. The Bertz CT molecular complexity index is 896. The minimum absolute atomic E-state index is 0.0562. The van der Waals surface area contributed by atoms with Gasteiger partial charge in [-0.1, -0.05) is 42.7 Å². The number of hydrogen-bond donors (Lipinski definition) is 2. The maximum atomic E-state index is 13.4. The summed E-state index contributed by atoms with van der Waals surface area (Å²) >= 11 is 5.93. The second kappa shape index (κ2) is 9.18. The molecule has 2 amide bonds. The van der Waals surface area contributed by atoms with Gasteiger partial charge in [0.05, 0.1) is 17.8 Å². The predicted octanol–water partition coefficient (Wildman–Crippen LogP) is 3.22. The van der Waals surface area contributed by atoms with Crippen molar-refractivity contribution in [1.82, 2.24) is 15.4 Å². The Morgan fingerprint density at radius 2 is 1.93 bits per heavy atom. The number of likely N-dealkylation sites (tertiary alicyclic amines) is 1. The summed E-state index contributed by atoms with van der Waals surface area (Å²) in [7, 11) is 0. The summed E-state index contributed by atoms with van der Waals surface area (Å²) < 4.78 is 5.35. The number of benzene rings is 1. The lowest BCUT2D eigenvalue weighted by Crippen LogP contribution is -2.48. The highest BCUT2D eigenvalue weighted by atomic mass is 35.5. The second-order valence-electron chi connectivity index (χ2n) is 8.27. The summed E-state index contributed by atoms with van der Waals surface area (Å²) in [6.07, 6.45) is -0.551. The first kappa shape index (κ1) is 22.3. The number of nitrogens with zero attached hydrogens (tertiary/aromatic N) is 2. The standard InChI is InChI=1S/C22H28ClN3O4/c1-12(2)20(19-9-13(3)25-30-19)22(29)26-11-17(27)10-18(26)21(28)24-14(4)15-5-7-16(23)8-6-15/h5-9,12,14,17-18,20,27H,10-11H2,1-4H3,(H,24,28). The number of aliphatic hydroxyl groups is 1. The molecular weight excluding hydrogens is 406 g/mol. The van der Waals surface area contributed by atoms with E-state index in [4.69, 9.17) is 16.1 Å². The SMILES string of the molecule is Cc1cc(C(C(=O)N2CC(O)CC2C(=O)NC(C)c2ccc(Cl)cc2)C(C)C)on1. The lowest BCUT2D eigenvalue weighted by Gasteiger charge is -2.29. The molecule has 1 aliphatic rings. The van der Waals surface area contributed by atoms with Gasteiger partial charge in [-0.05, 0) is 37.5 Å². The van der Waals surface area contributed by atoms with E-state index >= 15 is 0 Å². The van der Waals surface area contributed by atoms with Gasteiger partial charge in [0.15, 0.2) is 0 Å². The van der Waals surface area contributed by atoms with E-state index in [9.17, 15) is 14.7 Å². The van der Waals surface area contributed by atoms with Crippen LogP contribution in [0.1, 0.15) is 56.2 Å². The third kappa shape index (κ3) is 4.84. The molecule has 2 N–H and O–H groups in total. The number of aromatic nitrogens is 1. The third-order valence-electron chi connectivity index (χ3n) is 5.48. The molecule has 162 valence electrons. The Morgan fingerprint density at radius 3 is 2.50 bits per heavy atom. The summed E-state index contributed by atoms with van der Waals surface area (Å²) in [6.45, 7) is 7.62. The fraction of sp³-hybridized carbons (Fsp3) is 0.500. The Hall–Kier alpha value is -2.38. The maximum Gasteiger partial charge on any atom is 0.243 e. The first-order valence-corrected chi connectivity index (χ1v) is 10.5. The van der Waals surface area contributed by atoms with E-state index in [-0.39, 0.29) is 36.7 Å². The van der Waals surface area contributed by atoms with Gasteiger partial charge in [0.1, 0.15) is 17.7 Å². The molecule has 0 saturated carbocycles. The monoisotopic (exact) mass is 433 g/mol. The van der Waals surface area contributed by atoms with Gasteiger partial charge in [-0.3, -0.25) is 9.59 Å². The van der Waals surface area contributed by atoms with Gasteiger partial charge in [-0.2, -0.15) is 0 Å². The number of hydrogen-bond acceptors (Lipinski definition) is 5. The molecule has 8 heteroatoms. The third-order valence-corrected chi connectivity index (χ3v) is 5.73. The van der Waals surface area contributed by atoms with Crippen molar-refractivity contribution in [3.05, 3.63) is 52.4 Å². The molecule has 1 fully saturated rings. The van der Waals surface area contributed by atoms with Crippen LogP contribution in [-0.4, -0.2) is 45.7 Å². The van der Waals surface area contributed by atoms with Crippen molar-refractivity contribution in [3.8, 4) is 0 Å². The summed E-state index contributed by atoms with van der Waals surface area (Å²) in [5.74, 6) is -0.682. The number of amides is 2. The van der Waals surface area contributed by atoms with Crippen molar-refractivity contribution >= 4 is 23.4 Å². The van der Waals surface area contributed by atoms with Crippen LogP contribution in [0.15, 0.2) is 34.9 Å². The molecule has 3 rings (SSSR count). The minimum Gasteiger partial charge on any atom is -0.391 e. The molecule has 1 aliphatic heterocycles. The molecule has 1 aromatic heterocycles. The molecular formula is C22H28ClN3O4. The summed E-state index contributed by atoms with van der Waals surface area (Å²) in [5, 5.41) is 17.7. The normalized spacial score (nSPS) is 21.0. The van der Waals surface area contributed by atoms with Gasteiger partial charge in [0.2, 0.25) is 11.8 Å². The number of carbonyl (C=O) groups is 2. The van der Waals surface area contributed by atoms with E-state index in [2.05, 4.69) is 10.5 Å². The predicted molar refractivity (Wildman–Crippen MR) is 113 cm³/mol. The van der Waals surface area contributed by atoms with E-state index in [1.54, 1.807) is 25.1 Å². The van der Waals surface area contributed by atoms with E-state index < -0.39 is 18.1 Å². The number of nitrogens with one attached hydrogen (secondary N) is 1. The lowest BCUT2D eigenvalue weighted by molar-refractivity contribution is -0.141. The summed E-state index contributed by atoms with van der Waals surface area (Å²) in [6, 6.07) is 7.96. The molecule has 0 aliphatic carbocycles. The van der Waals surface area contributed by atoms with E-state index in [0.717, 1.165) is 5.56 Å². The molecule has 30 heavy (non-hydrogen) atoms. The number of β-amino-alcohol motifs (C(OH)–C–C–N with tert-alkyl or cyclic N) is 1. The fourth-order valence-electron chi connectivity index (χ4n) is 3.89. The molecule has 0 radical (unpaired) electrons. The van der Waals surface area contributed by atoms with Crippen LogP contribution in [-0.2, 0) is 9.59 Å². The van der Waals surface area contributed by atoms with Crippen LogP contribution in [0, 0.1) is 12.8 Å². The zero-order valence-corrected chi connectivity index (χ0v) is 18.4. The zero-order chi connectivity index (χ0) is 22.0. The zero-order valence-electron chi connectivity index (χ0n) is 17.6. The highest BCUT2D eigenvalue weighted by Crippen LogP contribution is 2.31. The van der Waals surface area contributed by atoms with Crippen LogP contribution in [0.3, 0.4) is 0 Å². The Kier molecular flexibility index (Phi) is 6.83. The molecule has 0 spiro atoms. The molecule has 4 atom stereocenters.